The number of carbonyl (C=O) groups excluding carboxylic acids is 1. The highest BCUT2D eigenvalue weighted by atomic mass is 16.5. The lowest BCUT2D eigenvalue weighted by Gasteiger charge is -2.33. The van der Waals surface area contributed by atoms with Crippen LogP contribution >= 0.6 is 0 Å². The van der Waals surface area contributed by atoms with Gasteiger partial charge in [-0.15, -0.1) is 0 Å². The van der Waals surface area contributed by atoms with Gasteiger partial charge in [0.25, 0.3) is 5.91 Å². The predicted octanol–water partition coefficient (Wildman–Crippen LogP) is 3.30. The molecular weight excluding hydrogens is 262 g/mol. The van der Waals surface area contributed by atoms with Crippen LogP contribution in [0.1, 0.15) is 37.7 Å². The Hall–Kier alpha value is -1.61. The zero-order valence-electron chi connectivity index (χ0n) is 12.5. The van der Waals surface area contributed by atoms with Gasteiger partial charge in [0.2, 0.25) is 0 Å². The smallest absolute Gasteiger partial charge is 0.255 e. The number of hydrogen-bond donors (Lipinski definition) is 0. The van der Waals surface area contributed by atoms with Crippen LogP contribution in [0.2, 0.25) is 0 Å². The zero-order valence-corrected chi connectivity index (χ0v) is 12.5. The van der Waals surface area contributed by atoms with E-state index in [-0.39, 0.29) is 5.91 Å². The lowest BCUT2D eigenvalue weighted by molar-refractivity contribution is -0.153. The average molecular weight is 285 g/mol. The van der Waals surface area contributed by atoms with Crippen molar-refractivity contribution < 1.29 is 9.53 Å². The van der Waals surface area contributed by atoms with E-state index < -0.39 is 5.60 Å². The maximum atomic E-state index is 13.0. The Morgan fingerprint density at radius 3 is 2.76 bits per heavy atom. The Kier molecular flexibility index (Phi) is 4.39. The van der Waals surface area contributed by atoms with Gasteiger partial charge in [0.05, 0.1) is 0 Å². The summed E-state index contributed by atoms with van der Waals surface area (Å²) in [5.74, 6) is 0.176. The second kappa shape index (κ2) is 6.44. The second-order valence-electron chi connectivity index (χ2n) is 5.98. The molecule has 0 aliphatic carbocycles. The highest BCUT2D eigenvalue weighted by molar-refractivity contribution is 5.86. The van der Waals surface area contributed by atoms with Crippen molar-refractivity contribution in [3.8, 4) is 0 Å². The molecule has 1 unspecified atom stereocenters. The van der Waals surface area contributed by atoms with Crippen molar-refractivity contribution in [1.82, 2.24) is 4.90 Å². The summed E-state index contributed by atoms with van der Waals surface area (Å²) in [5.41, 5.74) is 0.585. The summed E-state index contributed by atoms with van der Waals surface area (Å²) in [6, 6.07) is 10.2. The van der Waals surface area contributed by atoms with Crippen LogP contribution in [0.25, 0.3) is 0 Å². The van der Waals surface area contributed by atoms with Gasteiger partial charge in [0.1, 0.15) is 5.60 Å². The predicted molar refractivity (Wildman–Crippen MR) is 82.8 cm³/mol. The Balaban J connectivity index is 1.81. The van der Waals surface area contributed by atoms with Crippen LogP contribution in [0.15, 0.2) is 42.5 Å². The molecule has 1 saturated heterocycles. The van der Waals surface area contributed by atoms with E-state index in [4.69, 9.17) is 4.74 Å². The van der Waals surface area contributed by atoms with Gasteiger partial charge in [0.15, 0.2) is 0 Å². The molecule has 2 heterocycles. The summed E-state index contributed by atoms with van der Waals surface area (Å²) in [5, 5.41) is 0. The Labute approximate surface area is 126 Å². The summed E-state index contributed by atoms with van der Waals surface area (Å²) in [6.45, 7) is 2.20. The highest BCUT2D eigenvalue weighted by Crippen LogP contribution is 2.33. The van der Waals surface area contributed by atoms with E-state index >= 15 is 0 Å². The topological polar surface area (TPSA) is 29.5 Å². The summed E-state index contributed by atoms with van der Waals surface area (Å²) < 4.78 is 5.91. The van der Waals surface area contributed by atoms with Gasteiger partial charge in [-0.2, -0.15) is 0 Å². The molecule has 1 atom stereocenters. The standard InChI is InChI=1S/C18H23NO2/c20-17-18(12-8-14-21-18)11-6-1-2-7-13-19(17)15-16-9-4-3-5-10-16/h1,3-6,9-10H,2,7-8,11-15H2/b6-1+. The molecule has 1 aromatic carbocycles. The first kappa shape index (κ1) is 14.3. The van der Waals surface area contributed by atoms with Crippen molar-refractivity contribution in [3.05, 3.63) is 48.0 Å². The molecule has 0 radical (unpaired) electrons. The normalized spacial score (nSPS) is 28.2. The van der Waals surface area contributed by atoms with Gasteiger partial charge in [0, 0.05) is 26.1 Å². The zero-order chi connectivity index (χ0) is 14.5. The molecule has 0 bridgehead atoms. The van der Waals surface area contributed by atoms with E-state index in [1.807, 2.05) is 23.1 Å². The number of nitrogens with zero attached hydrogens (tertiary/aromatic N) is 1. The van der Waals surface area contributed by atoms with E-state index in [2.05, 4.69) is 24.3 Å². The molecular formula is C18H23NO2. The molecule has 3 rings (SSSR count). The van der Waals surface area contributed by atoms with Gasteiger partial charge in [-0.05, 0) is 31.2 Å². The Morgan fingerprint density at radius 2 is 2.00 bits per heavy atom. The molecule has 21 heavy (non-hydrogen) atoms. The molecule has 1 fully saturated rings. The van der Waals surface area contributed by atoms with Crippen LogP contribution in [0.3, 0.4) is 0 Å². The third-order valence-corrected chi connectivity index (χ3v) is 4.41. The van der Waals surface area contributed by atoms with Crippen molar-refractivity contribution in [2.75, 3.05) is 13.2 Å². The summed E-state index contributed by atoms with van der Waals surface area (Å²) in [7, 11) is 0. The van der Waals surface area contributed by atoms with Crippen LogP contribution < -0.4 is 0 Å². The Bertz CT molecular complexity index is 503. The first-order chi connectivity index (χ1) is 10.3. The van der Waals surface area contributed by atoms with Crippen molar-refractivity contribution in [2.45, 2.75) is 44.2 Å². The van der Waals surface area contributed by atoms with Crippen molar-refractivity contribution in [3.63, 3.8) is 0 Å². The third kappa shape index (κ3) is 3.18. The fourth-order valence-electron chi connectivity index (χ4n) is 3.25. The average Bonchev–Trinajstić information content (AvgIpc) is 3.01. The number of ether oxygens (including phenoxy) is 1. The number of benzene rings is 1. The largest absolute Gasteiger partial charge is 0.365 e. The molecule has 1 spiro atoms. The van der Waals surface area contributed by atoms with E-state index in [0.717, 1.165) is 38.6 Å². The summed E-state index contributed by atoms with van der Waals surface area (Å²) in [6.07, 6.45) is 8.94. The monoisotopic (exact) mass is 285 g/mol. The van der Waals surface area contributed by atoms with Gasteiger partial charge in [-0.3, -0.25) is 4.79 Å². The van der Waals surface area contributed by atoms with E-state index in [9.17, 15) is 4.79 Å². The van der Waals surface area contributed by atoms with Crippen molar-refractivity contribution in [2.24, 2.45) is 0 Å². The molecule has 0 saturated carbocycles. The molecule has 3 heteroatoms. The SMILES string of the molecule is O=C1N(Cc2ccccc2)CCC/C=C/CC12CCCO2. The van der Waals surface area contributed by atoms with Gasteiger partial charge in [-0.25, -0.2) is 0 Å². The van der Waals surface area contributed by atoms with E-state index in [1.165, 1.54) is 5.56 Å². The molecule has 112 valence electrons. The Morgan fingerprint density at radius 1 is 1.14 bits per heavy atom. The van der Waals surface area contributed by atoms with Gasteiger partial charge in [-0.1, -0.05) is 42.5 Å². The minimum Gasteiger partial charge on any atom is -0.365 e. The maximum absolute atomic E-state index is 13.0. The molecule has 1 amide bonds. The lowest BCUT2D eigenvalue weighted by atomic mass is 9.93. The molecule has 0 N–H and O–H groups in total. The molecule has 2 aliphatic heterocycles. The number of carbonyl (C=O) groups is 1. The summed E-state index contributed by atoms with van der Waals surface area (Å²) in [4.78, 5) is 15.0. The molecule has 3 nitrogen and oxygen atoms in total. The van der Waals surface area contributed by atoms with E-state index in [1.54, 1.807) is 0 Å². The van der Waals surface area contributed by atoms with Crippen LogP contribution in [0.5, 0.6) is 0 Å². The van der Waals surface area contributed by atoms with Gasteiger partial charge >= 0.3 is 0 Å². The van der Waals surface area contributed by atoms with Crippen LogP contribution in [0.4, 0.5) is 0 Å². The molecule has 1 aromatic rings. The quantitative estimate of drug-likeness (QED) is 0.780. The second-order valence-corrected chi connectivity index (χ2v) is 5.98. The molecule has 2 aliphatic rings. The number of amides is 1. The minimum atomic E-state index is -0.602. The van der Waals surface area contributed by atoms with Crippen molar-refractivity contribution >= 4 is 5.91 Å². The maximum Gasteiger partial charge on any atom is 0.255 e. The third-order valence-electron chi connectivity index (χ3n) is 4.41. The number of rotatable bonds is 2. The fraction of sp³-hybridized carbons (Fsp3) is 0.500. The van der Waals surface area contributed by atoms with Crippen molar-refractivity contribution in [1.29, 1.82) is 0 Å². The highest BCUT2D eigenvalue weighted by Gasteiger charge is 2.44. The first-order valence-corrected chi connectivity index (χ1v) is 7.92. The van der Waals surface area contributed by atoms with Crippen LogP contribution in [0, 0.1) is 0 Å². The minimum absolute atomic E-state index is 0.176. The summed E-state index contributed by atoms with van der Waals surface area (Å²) >= 11 is 0. The molecule has 0 aromatic heterocycles. The first-order valence-electron chi connectivity index (χ1n) is 7.92. The lowest BCUT2D eigenvalue weighted by Crippen LogP contribution is -2.48. The van der Waals surface area contributed by atoms with E-state index in [0.29, 0.717) is 13.2 Å². The van der Waals surface area contributed by atoms with Crippen LogP contribution in [-0.2, 0) is 16.1 Å². The van der Waals surface area contributed by atoms with Crippen LogP contribution in [-0.4, -0.2) is 29.6 Å². The number of hydrogen-bond acceptors (Lipinski definition) is 2. The fourth-order valence-corrected chi connectivity index (χ4v) is 3.25. The van der Waals surface area contributed by atoms with Gasteiger partial charge < -0.3 is 9.64 Å². The number of allylic oxidation sites excluding steroid dienone is 1.